The highest BCUT2D eigenvalue weighted by Crippen LogP contribution is 2.15. The van der Waals surface area contributed by atoms with Gasteiger partial charge < -0.3 is 14.5 Å². The van der Waals surface area contributed by atoms with Gasteiger partial charge in [0.2, 0.25) is 0 Å². The van der Waals surface area contributed by atoms with Crippen LogP contribution in [0.15, 0.2) is 21.2 Å². The fraction of sp³-hybridized carbons (Fsp3) is 0.500. The zero-order chi connectivity index (χ0) is 13.7. The van der Waals surface area contributed by atoms with E-state index >= 15 is 0 Å². The summed E-state index contributed by atoms with van der Waals surface area (Å²) in [6, 6.07) is 2.48. The molecule has 1 aromatic heterocycles. The highest BCUT2D eigenvalue weighted by molar-refractivity contribution is 9.10. The molecular weight excluding hydrogens is 302 g/mol. The van der Waals surface area contributed by atoms with Gasteiger partial charge in [-0.05, 0) is 34.0 Å². The van der Waals surface area contributed by atoms with Crippen LogP contribution in [0.2, 0.25) is 0 Å². The van der Waals surface area contributed by atoms with E-state index in [1.54, 1.807) is 6.07 Å². The molecule has 1 N–H and O–H groups in total. The summed E-state index contributed by atoms with van der Waals surface area (Å²) in [6.45, 7) is 3.82. The highest BCUT2D eigenvalue weighted by Gasteiger charge is 2.27. The molecule has 1 rings (SSSR count). The molecule has 0 aromatic carbocycles. The van der Waals surface area contributed by atoms with Gasteiger partial charge in [-0.3, -0.25) is 4.79 Å². The minimum atomic E-state index is -0.670. The van der Waals surface area contributed by atoms with Crippen LogP contribution in [0.5, 0.6) is 0 Å². The van der Waals surface area contributed by atoms with E-state index in [0.717, 1.165) is 6.42 Å². The number of carbonyl (C=O) groups excluding carboxylic acids is 2. The van der Waals surface area contributed by atoms with Crippen molar-refractivity contribution in [3.63, 3.8) is 0 Å². The lowest BCUT2D eigenvalue weighted by Gasteiger charge is -2.21. The van der Waals surface area contributed by atoms with E-state index in [9.17, 15) is 9.59 Å². The minimum absolute atomic E-state index is 0.0141. The van der Waals surface area contributed by atoms with Crippen molar-refractivity contribution < 1.29 is 18.7 Å². The highest BCUT2D eigenvalue weighted by atomic mass is 79.9. The van der Waals surface area contributed by atoms with Crippen LogP contribution in [-0.2, 0) is 9.53 Å². The van der Waals surface area contributed by atoms with Crippen molar-refractivity contribution in [1.29, 1.82) is 0 Å². The molecule has 0 aliphatic heterocycles. The topological polar surface area (TPSA) is 68.5 Å². The summed E-state index contributed by atoms with van der Waals surface area (Å²) in [5.41, 5.74) is 0. The monoisotopic (exact) mass is 317 g/mol. The lowest BCUT2D eigenvalue weighted by Crippen LogP contribution is -2.45. The predicted octanol–water partition coefficient (Wildman–Crippen LogP) is 2.36. The zero-order valence-corrected chi connectivity index (χ0v) is 12.1. The maximum absolute atomic E-state index is 11.9. The van der Waals surface area contributed by atoms with E-state index in [-0.39, 0.29) is 11.7 Å². The number of rotatable bonds is 5. The molecule has 1 aromatic rings. The van der Waals surface area contributed by atoms with E-state index in [0.29, 0.717) is 4.67 Å². The zero-order valence-electron chi connectivity index (χ0n) is 10.5. The summed E-state index contributed by atoms with van der Waals surface area (Å²) < 4.78 is 10.3. The molecular formula is C12H16BrNO4. The Bertz CT molecular complexity index is 429. The second-order valence-corrected chi connectivity index (χ2v) is 4.75. The largest absolute Gasteiger partial charge is 0.467 e. The summed E-state index contributed by atoms with van der Waals surface area (Å²) in [4.78, 5) is 23.5. The number of amides is 1. The van der Waals surface area contributed by atoms with E-state index in [4.69, 9.17) is 4.42 Å². The molecule has 100 valence electrons. The van der Waals surface area contributed by atoms with Crippen LogP contribution in [0.3, 0.4) is 0 Å². The maximum Gasteiger partial charge on any atom is 0.328 e. The average Bonchev–Trinajstić information content (AvgIpc) is 2.80. The van der Waals surface area contributed by atoms with Gasteiger partial charge in [-0.15, -0.1) is 0 Å². The van der Waals surface area contributed by atoms with Crippen LogP contribution in [0.25, 0.3) is 0 Å². The van der Waals surface area contributed by atoms with Crippen LogP contribution < -0.4 is 5.32 Å². The number of furan rings is 1. The Kier molecular flexibility index (Phi) is 5.40. The molecule has 0 spiro atoms. The Morgan fingerprint density at radius 1 is 1.50 bits per heavy atom. The third kappa shape index (κ3) is 3.60. The molecule has 1 heterocycles. The van der Waals surface area contributed by atoms with Crippen LogP contribution in [-0.4, -0.2) is 25.0 Å². The van der Waals surface area contributed by atoms with Gasteiger partial charge in [0.05, 0.1) is 7.11 Å². The molecule has 0 aliphatic carbocycles. The van der Waals surface area contributed by atoms with Crippen molar-refractivity contribution in [1.82, 2.24) is 5.32 Å². The molecule has 0 radical (unpaired) electrons. The summed E-state index contributed by atoms with van der Waals surface area (Å²) in [7, 11) is 1.30. The van der Waals surface area contributed by atoms with E-state index in [1.807, 2.05) is 13.8 Å². The Balaban J connectivity index is 2.77. The summed E-state index contributed by atoms with van der Waals surface area (Å²) in [6.07, 6.45) is 0.752. The van der Waals surface area contributed by atoms with Crippen molar-refractivity contribution in [2.24, 2.45) is 5.92 Å². The van der Waals surface area contributed by atoms with Crippen molar-refractivity contribution >= 4 is 27.8 Å². The Morgan fingerprint density at radius 3 is 2.61 bits per heavy atom. The van der Waals surface area contributed by atoms with Crippen LogP contribution in [0.1, 0.15) is 30.8 Å². The lowest BCUT2D eigenvalue weighted by atomic mass is 9.99. The van der Waals surface area contributed by atoms with E-state index in [1.165, 1.54) is 13.2 Å². The third-order valence-corrected chi connectivity index (χ3v) is 3.18. The maximum atomic E-state index is 11.9. The summed E-state index contributed by atoms with van der Waals surface area (Å²) in [5, 5.41) is 2.62. The summed E-state index contributed by atoms with van der Waals surface area (Å²) >= 11 is 3.11. The number of nitrogens with one attached hydrogen (secondary N) is 1. The molecule has 2 atom stereocenters. The molecule has 0 fully saturated rings. The number of esters is 1. The van der Waals surface area contributed by atoms with Gasteiger partial charge in [-0.2, -0.15) is 0 Å². The molecule has 18 heavy (non-hydrogen) atoms. The average molecular weight is 318 g/mol. The number of hydrogen-bond acceptors (Lipinski definition) is 4. The van der Waals surface area contributed by atoms with Crippen molar-refractivity contribution in [2.75, 3.05) is 7.11 Å². The van der Waals surface area contributed by atoms with Crippen molar-refractivity contribution in [3.8, 4) is 0 Å². The fourth-order valence-corrected chi connectivity index (χ4v) is 1.75. The third-order valence-electron chi connectivity index (χ3n) is 2.75. The molecule has 0 aliphatic rings. The Labute approximate surface area is 114 Å². The first-order valence-corrected chi connectivity index (χ1v) is 6.42. The molecule has 0 saturated heterocycles. The smallest absolute Gasteiger partial charge is 0.328 e. The van der Waals surface area contributed by atoms with E-state index in [2.05, 4.69) is 26.0 Å². The van der Waals surface area contributed by atoms with Crippen LogP contribution in [0.4, 0.5) is 0 Å². The van der Waals surface area contributed by atoms with Gasteiger partial charge in [-0.1, -0.05) is 20.3 Å². The number of hydrogen-bond donors (Lipinski definition) is 1. The molecule has 0 bridgehead atoms. The SMILES string of the molecule is CCC(C)C(NC(=O)c1ccc(Br)o1)C(=O)OC. The first-order valence-electron chi connectivity index (χ1n) is 5.63. The standard InChI is InChI=1S/C12H16BrNO4/c1-4-7(2)10(12(16)17-3)14-11(15)8-5-6-9(13)18-8/h5-7,10H,4H2,1-3H3,(H,14,15). The van der Waals surface area contributed by atoms with Crippen LogP contribution in [0, 0.1) is 5.92 Å². The second kappa shape index (κ2) is 6.58. The molecule has 5 nitrogen and oxygen atoms in total. The number of methoxy groups -OCH3 is 1. The number of carbonyl (C=O) groups is 2. The van der Waals surface area contributed by atoms with Gasteiger partial charge >= 0.3 is 5.97 Å². The van der Waals surface area contributed by atoms with Gasteiger partial charge in [-0.25, -0.2) is 4.79 Å². The Morgan fingerprint density at radius 2 is 2.17 bits per heavy atom. The molecule has 0 saturated carbocycles. The molecule has 6 heteroatoms. The minimum Gasteiger partial charge on any atom is -0.467 e. The lowest BCUT2D eigenvalue weighted by molar-refractivity contribution is -0.144. The number of ether oxygens (including phenoxy) is 1. The van der Waals surface area contributed by atoms with Gasteiger partial charge in [0.1, 0.15) is 6.04 Å². The van der Waals surface area contributed by atoms with E-state index < -0.39 is 17.9 Å². The molecule has 2 unspecified atom stereocenters. The Hall–Kier alpha value is -1.30. The van der Waals surface area contributed by atoms with Gasteiger partial charge in [0, 0.05) is 0 Å². The second-order valence-electron chi connectivity index (χ2n) is 3.96. The fourth-order valence-electron chi connectivity index (χ4n) is 1.44. The first-order chi connectivity index (χ1) is 8.49. The predicted molar refractivity (Wildman–Crippen MR) is 69.1 cm³/mol. The summed E-state index contributed by atoms with van der Waals surface area (Å²) in [5.74, 6) is -0.751. The van der Waals surface area contributed by atoms with Crippen molar-refractivity contribution in [2.45, 2.75) is 26.3 Å². The van der Waals surface area contributed by atoms with Crippen molar-refractivity contribution in [3.05, 3.63) is 22.6 Å². The van der Waals surface area contributed by atoms with Crippen LogP contribution >= 0.6 is 15.9 Å². The van der Waals surface area contributed by atoms with Gasteiger partial charge in [0.15, 0.2) is 10.4 Å². The number of halogens is 1. The first kappa shape index (κ1) is 14.8. The quantitative estimate of drug-likeness (QED) is 0.846. The van der Waals surface area contributed by atoms with Gasteiger partial charge in [0.25, 0.3) is 5.91 Å². The normalized spacial score (nSPS) is 13.8. The molecule has 1 amide bonds.